The molecule has 0 N–H and O–H groups in total. The van der Waals surface area contributed by atoms with E-state index in [2.05, 4.69) is 10.0 Å². The van der Waals surface area contributed by atoms with E-state index in [-0.39, 0.29) is 30.0 Å². The van der Waals surface area contributed by atoms with Crippen molar-refractivity contribution in [2.45, 2.75) is 36.7 Å². The van der Waals surface area contributed by atoms with Gasteiger partial charge in [0.2, 0.25) is 10.0 Å². The first kappa shape index (κ1) is 18.9. The molecule has 148 valence electrons. The Bertz CT molecular complexity index is 1040. The number of fused-ring (bicyclic) bond motifs is 5. The first-order chi connectivity index (χ1) is 13.1. The van der Waals surface area contributed by atoms with Gasteiger partial charge < -0.3 is 0 Å². The molecule has 11 heteroatoms. The summed E-state index contributed by atoms with van der Waals surface area (Å²) in [5.41, 5.74) is 6.96. The Kier molecular flexibility index (Phi) is 3.90. The summed E-state index contributed by atoms with van der Waals surface area (Å²) in [4.78, 5) is 2.83. The SMILES string of the molecule is C[C@@]12[C@@H](CN(c3ccc(C#N)c(C(F)(F)F)c3)S1(=O)=O)[C@@H]1C[C@H](N=[N+]=[N-])[C@@H]2C1. The van der Waals surface area contributed by atoms with Crippen LogP contribution in [0.1, 0.15) is 30.9 Å². The number of hydrogen-bond acceptors (Lipinski definition) is 4. The van der Waals surface area contributed by atoms with Crippen molar-refractivity contribution in [1.82, 2.24) is 0 Å². The van der Waals surface area contributed by atoms with Gasteiger partial charge in [-0.05, 0) is 55.3 Å². The van der Waals surface area contributed by atoms with Gasteiger partial charge in [-0.15, -0.1) is 0 Å². The first-order valence-electron chi connectivity index (χ1n) is 8.73. The number of nitrogens with zero attached hydrogens (tertiary/aromatic N) is 5. The van der Waals surface area contributed by atoms with Gasteiger partial charge in [-0.2, -0.15) is 18.4 Å². The molecule has 7 nitrogen and oxygen atoms in total. The monoisotopic (exact) mass is 411 g/mol. The molecule has 1 saturated heterocycles. The highest BCUT2D eigenvalue weighted by Gasteiger charge is 2.70. The van der Waals surface area contributed by atoms with Gasteiger partial charge in [0.25, 0.3) is 0 Å². The zero-order valence-electron chi connectivity index (χ0n) is 14.8. The smallest absolute Gasteiger partial charge is 0.269 e. The number of anilines is 1. The maximum Gasteiger partial charge on any atom is 0.417 e. The van der Waals surface area contributed by atoms with Crippen LogP contribution in [0.3, 0.4) is 0 Å². The van der Waals surface area contributed by atoms with E-state index < -0.39 is 38.1 Å². The zero-order chi connectivity index (χ0) is 20.5. The Morgan fingerprint density at radius 2 is 2.07 bits per heavy atom. The van der Waals surface area contributed by atoms with Crippen molar-refractivity contribution < 1.29 is 21.6 Å². The van der Waals surface area contributed by atoms with E-state index in [1.165, 1.54) is 12.1 Å². The normalized spacial score (nSPS) is 35.3. The molecular formula is C17H16F3N5O2S. The average molecular weight is 411 g/mol. The lowest BCUT2D eigenvalue weighted by Crippen LogP contribution is -2.48. The third-order valence-electron chi connectivity index (χ3n) is 6.73. The van der Waals surface area contributed by atoms with E-state index >= 15 is 0 Å². The lowest BCUT2D eigenvalue weighted by atomic mass is 9.77. The quantitative estimate of drug-likeness (QED) is 0.419. The van der Waals surface area contributed by atoms with Crippen molar-refractivity contribution in [3.8, 4) is 6.07 Å². The van der Waals surface area contributed by atoms with E-state index in [0.717, 1.165) is 16.4 Å². The van der Waals surface area contributed by atoms with Crippen LogP contribution in [0.15, 0.2) is 23.3 Å². The van der Waals surface area contributed by atoms with Gasteiger partial charge >= 0.3 is 6.18 Å². The average Bonchev–Trinajstić information content (AvgIpc) is 3.22. The van der Waals surface area contributed by atoms with Crippen LogP contribution in [0.5, 0.6) is 0 Å². The molecule has 3 fully saturated rings. The summed E-state index contributed by atoms with van der Waals surface area (Å²) in [5, 5.41) is 12.7. The van der Waals surface area contributed by atoms with Crippen LogP contribution in [0.2, 0.25) is 0 Å². The molecule has 1 heterocycles. The Balaban J connectivity index is 1.79. The third kappa shape index (κ3) is 2.28. The highest BCUT2D eigenvalue weighted by atomic mass is 32.2. The van der Waals surface area contributed by atoms with Gasteiger partial charge in [-0.3, -0.25) is 4.31 Å². The number of sulfonamides is 1. The summed E-state index contributed by atoms with van der Waals surface area (Å²) in [7, 11) is -3.98. The molecule has 0 aromatic heterocycles. The summed E-state index contributed by atoms with van der Waals surface area (Å²) in [6, 6.07) is 4.05. The van der Waals surface area contributed by atoms with Crippen LogP contribution in [0, 0.1) is 29.1 Å². The second-order valence-corrected chi connectivity index (χ2v) is 10.0. The minimum Gasteiger partial charge on any atom is -0.269 e. The molecule has 0 spiro atoms. The standard InChI is InChI=1S/C17H16F3N5O2S/c1-16-13-4-10(5-15(13)23-24-22)14(16)8-25(28(16,26)27)11-3-2-9(7-21)12(6-11)17(18,19)20/h2-3,6,10,13-15H,4-5,8H2,1H3/t10-,13-,14-,15-,16+/m0/s1. The lowest BCUT2D eigenvalue weighted by molar-refractivity contribution is -0.137. The molecule has 28 heavy (non-hydrogen) atoms. The number of benzene rings is 1. The molecular weight excluding hydrogens is 395 g/mol. The predicted molar refractivity (Wildman–Crippen MR) is 93.5 cm³/mol. The predicted octanol–water partition coefficient (Wildman–Crippen LogP) is 3.82. The molecule has 5 atom stereocenters. The lowest BCUT2D eigenvalue weighted by Gasteiger charge is -2.36. The topological polar surface area (TPSA) is 110 Å². The fourth-order valence-electron chi connectivity index (χ4n) is 5.43. The van der Waals surface area contributed by atoms with E-state index in [1.54, 1.807) is 6.92 Å². The van der Waals surface area contributed by atoms with Crippen LogP contribution in [0.25, 0.3) is 10.4 Å². The summed E-state index contributed by atoms with van der Waals surface area (Å²) >= 11 is 0. The molecule has 0 radical (unpaired) electrons. The number of hydrogen-bond donors (Lipinski definition) is 0. The highest BCUT2D eigenvalue weighted by molar-refractivity contribution is 7.94. The molecule has 0 amide bonds. The fraction of sp³-hybridized carbons (Fsp3) is 0.588. The Morgan fingerprint density at radius 3 is 2.68 bits per heavy atom. The van der Waals surface area contributed by atoms with Gasteiger partial charge in [-0.25, -0.2) is 8.42 Å². The molecule has 3 aliphatic rings. The molecule has 4 rings (SSSR count). The van der Waals surface area contributed by atoms with Crippen LogP contribution in [-0.4, -0.2) is 25.8 Å². The highest BCUT2D eigenvalue weighted by Crippen LogP contribution is 2.63. The van der Waals surface area contributed by atoms with Gasteiger partial charge in [0.05, 0.1) is 27.6 Å². The second kappa shape index (κ2) is 5.78. The summed E-state index contributed by atoms with van der Waals surface area (Å²) in [5.74, 6) is -0.544. The first-order valence-corrected chi connectivity index (χ1v) is 10.2. The molecule has 2 aliphatic carbocycles. The van der Waals surface area contributed by atoms with Crippen molar-refractivity contribution >= 4 is 15.7 Å². The van der Waals surface area contributed by atoms with Crippen molar-refractivity contribution in [2.75, 3.05) is 10.8 Å². The van der Waals surface area contributed by atoms with Gasteiger partial charge in [-0.1, -0.05) is 5.11 Å². The van der Waals surface area contributed by atoms with Crippen molar-refractivity contribution in [1.29, 1.82) is 5.26 Å². The van der Waals surface area contributed by atoms with E-state index in [1.807, 2.05) is 0 Å². The summed E-state index contributed by atoms with van der Waals surface area (Å²) in [6.45, 7) is 1.71. The number of rotatable bonds is 2. The van der Waals surface area contributed by atoms with Gasteiger partial charge in [0.1, 0.15) is 0 Å². The van der Waals surface area contributed by atoms with Gasteiger partial charge in [0.15, 0.2) is 0 Å². The minimum absolute atomic E-state index is 0.0470. The fourth-order valence-corrected chi connectivity index (χ4v) is 7.93. The number of nitriles is 1. The zero-order valence-corrected chi connectivity index (χ0v) is 15.6. The van der Waals surface area contributed by atoms with E-state index in [9.17, 15) is 21.6 Å². The van der Waals surface area contributed by atoms with Crippen molar-refractivity contribution in [3.63, 3.8) is 0 Å². The van der Waals surface area contributed by atoms with Gasteiger partial charge in [0, 0.05) is 23.4 Å². The number of azide groups is 1. The third-order valence-corrected chi connectivity index (χ3v) is 9.39. The van der Waals surface area contributed by atoms with Crippen LogP contribution in [-0.2, 0) is 16.2 Å². The number of alkyl halides is 3. The van der Waals surface area contributed by atoms with E-state index in [0.29, 0.717) is 12.8 Å². The van der Waals surface area contributed by atoms with Crippen LogP contribution in [0.4, 0.5) is 18.9 Å². The summed E-state index contributed by atoms with van der Waals surface area (Å²) < 4.78 is 66.6. The van der Waals surface area contributed by atoms with Crippen molar-refractivity contribution in [2.24, 2.45) is 22.9 Å². The second-order valence-electron chi connectivity index (χ2n) is 7.78. The molecule has 1 aromatic rings. The van der Waals surface area contributed by atoms with Crippen molar-refractivity contribution in [3.05, 3.63) is 39.8 Å². The Hall–Kier alpha value is -2.44. The maximum atomic E-state index is 13.4. The largest absolute Gasteiger partial charge is 0.417 e. The summed E-state index contributed by atoms with van der Waals surface area (Å²) in [6.07, 6.45) is -3.53. The minimum atomic E-state index is -4.77. The van der Waals surface area contributed by atoms with Crippen LogP contribution < -0.4 is 4.31 Å². The van der Waals surface area contributed by atoms with Crippen LogP contribution >= 0.6 is 0 Å². The Morgan fingerprint density at radius 1 is 1.36 bits per heavy atom. The van der Waals surface area contributed by atoms with E-state index in [4.69, 9.17) is 10.8 Å². The molecule has 2 bridgehead atoms. The number of halogens is 3. The Labute approximate surface area is 159 Å². The maximum absolute atomic E-state index is 13.4. The molecule has 1 aliphatic heterocycles. The molecule has 1 aromatic carbocycles. The molecule has 2 saturated carbocycles. The molecule has 0 unspecified atom stereocenters.